The van der Waals surface area contributed by atoms with Crippen molar-refractivity contribution in [3.8, 4) is 0 Å². The molecule has 0 spiro atoms. The first-order valence-electron chi connectivity index (χ1n) is 8.69. The summed E-state index contributed by atoms with van der Waals surface area (Å²) in [6, 6.07) is 8.62. The SMILES string of the molecule is Cc1cc(NCCc2ccc(F)cc2)nc(N2CCC(C)CC2)n1. The summed E-state index contributed by atoms with van der Waals surface area (Å²) in [5.74, 6) is 2.28. The van der Waals surface area contributed by atoms with Crippen LogP contribution in [-0.2, 0) is 6.42 Å². The largest absolute Gasteiger partial charge is 0.370 e. The van der Waals surface area contributed by atoms with Gasteiger partial charge in [0, 0.05) is 31.4 Å². The Labute approximate surface area is 143 Å². The molecule has 2 heterocycles. The van der Waals surface area contributed by atoms with Crippen molar-refractivity contribution in [3.63, 3.8) is 0 Å². The minimum Gasteiger partial charge on any atom is -0.370 e. The molecule has 1 saturated heterocycles. The van der Waals surface area contributed by atoms with E-state index in [4.69, 9.17) is 0 Å². The Bertz CT molecular complexity index is 664. The number of aromatic nitrogens is 2. The van der Waals surface area contributed by atoms with Gasteiger partial charge in [0.1, 0.15) is 11.6 Å². The minimum absolute atomic E-state index is 0.196. The van der Waals surface area contributed by atoms with Crippen molar-refractivity contribution in [2.45, 2.75) is 33.1 Å². The third kappa shape index (κ3) is 4.43. The lowest BCUT2D eigenvalue weighted by atomic mass is 10.00. The maximum atomic E-state index is 12.9. The van der Waals surface area contributed by atoms with Crippen molar-refractivity contribution in [2.75, 3.05) is 29.9 Å². The summed E-state index contributed by atoms with van der Waals surface area (Å²) in [6.07, 6.45) is 3.23. The van der Waals surface area contributed by atoms with Crippen LogP contribution in [0.5, 0.6) is 0 Å². The Morgan fingerprint density at radius 1 is 1.17 bits per heavy atom. The Kier molecular flexibility index (Phi) is 5.28. The highest BCUT2D eigenvalue weighted by Crippen LogP contribution is 2.21. The zero-order valence-corrected chi connectivity index (χ0v) is 14.4. The quantitative estimate of drug-likeness (QED) is 0.906. The fraction of sp³-hybridized carbons (Fsp3) is 0.474. The van der Waals surface area contributed by atoms with Gasteiger partial charge in [-0.25, -0.2) is 9.37 Å². The first kappa shape index (κ1) is 16.7. The molecular weight excluding hydrogens is 303 g/mol. The minimum atomic E-state index is -0.196. The monoisotopic (exact) mass is 328 g/mol. The van der Waals surface area contributed by atoms with Crippen LogP contribution in [0.2, 0.25) is 0 Å². The van der Waals surface area contributed by atoms with E-state index >= 15 is 0 Å². The molecule has 1 fully saturated rings. The maximum Gasteiger partial charge on any atom is 0.227 e. The summed E-state index contributed by atoms with van der Waals surface area (Å²) in [6.45, 7) is 7.12. The first-order chi connectivity index (χ1) is 11.6. The molecule has 3 rings (SSSR count). The van der Waals surface area contributed by atoms with Crippen molar-refractivity contribution in [1.82, 2.24) is 9.97 Å². The summed E-state index contributed by atoms with van der Waals surface area (Å²) in [5.41, 5.74) is 2.09. The topological polar surface area (TPSA) is 41.1 Å². The molecular formula is C19H25FN4. The van der Waals surface area contributed by atoms with Gasteiger partial charge in [-0.05, 0) is 49.8 Å². The summed E-state index contributed by atoms with van der Waals surface area (Å²) in [4.78, 5) is 11.5. The molecule has 2 aromatic rings. The van der Waals surface area contributed by atoms with E-state index in [0.717, 1.165) is 55.0 Å². The summed E-state index contributed by atoms with van der Waals surface area (Å²) < 4.78 is 12.9. The standard InChI is InChI=1S/C19H25FN4/c1-14-8-11-24(12-9-14)19-22-15(2)13-18(23-19)21-10-7-16-3-5-17(20)6-4-16/h3-6,13-14H,7-12H2,1-2H3,(H,21,22,23). The number of nitrogens with one attached hydrogen (secondary N) is 1. The van der Waals surface area contributed by atoms with E-state index in [-0.39, 0.29) is 5.82 Å². The van der Waals surface area contributed by atoms with E-state index < -0.39 is 0 Å². The number of anilines is 2. The number of nitrogens with zero attached hydrogens (tertiary/aromatic N) is 3. The zero-order valence-electron chi connectivity index (χ0n) is 14.4. The van der Waals surface area contributed by atoms with Crippen LogP contribution < -0.4 is 10.2 Å². The van der Waals surface area contributed by atoms with Crippen molar-refractivity contribution >= 4 is 11.8 Å². The molecule has 0 unspecified atom stereocenters. The number of aryl methyl sites for hydroxylation is 1. The highest BCUT2D eigenvalue weighted by atomic mass is 19.1. The first-order valence-corrected chi connectivity index (χ1v) is 8.69. The molecule has 0 amide bonds. The van der Waals surface area contributed by atoms with Gasteiger partial charge in [-0.3, -0.25) is 0 Å². The number of rotatable bonds is 5. The molecule has 1 aliphatic rings. The van der Waals surface area contributed by atoms with E-state index in [1.54, 1.807) is 0 Å². The van der Waals surface area contributed by atoms with Crippen LogP contribution in [0.15, 0.2) is 30.3 Å². The van der Waals surface area contributed by atoms with E-state index in [9.17, 15) is 4.39 Å². The molecule has 0 aliphatic carbocycles. The second-order valence-electron chi connectivity index (χ2n) is 6.67. The average molecular weight is 328 g/mol. The molecule has 24 heavy (non-hydrogen) atoms. The Morgan fingerprint density at radius 2 is 1.88 bits per heavy atom. The molecule has 0 saturated carbocycles. The van der Waals surface area contributed by atoms with E-state index in [1.165, 1.54) is 25.0 Å². The average Bonchev–Trinajstić information content (AvgIpc) is 2.57. The number of halogens is 1. The van der Waals surface area contributed by atoms with Crippen molar-refractivity contribution in [3.05, 3.63) is 47.4 Å². The van der Waals surface area contributed by atoms with Crippen LogP contribution in [0.25, 0.3) is 0 Å². The van der Waals surface area contributed by atoms with Crippen LogP contribution in [-0.4, -0.2) is 29.6 Å². The molecule has 0 bridgehead atoms. The van der Waals surface area contributed by atoms with Crippen LogP contribution in [0.4, 0.5) is 16.2 Å². The molecule has 0 atom stereocenters. The molecule has 128 valence electrons. The number of benzene rings is 1. The van der Waals surface area contributed by atoms with Gasteiger partial charge in [-0.15, -0.1) is 0 Å². The summed E-state index contributed by atoms with van der Waals surface area (Å²) in [7, 11) is 0. The van der Waals surface area contributed by atoms with Gasteiger partial charge in [0.25, 0.3) is 0 Å². The normalized spacial score (nSPS) is 15.5. The Hall–Kier alpha value is -2.17. The third-order valence-electron chi connectivity index (χ3n) is 4.54. The highest BCUT2D eigenvalue weighted by molar-refractivity contribution is 5.44. The molecule has 1 aromatic carbocycles. The van der Waals surface area contributed by atoms with Gasteiger partial charge in [0.05, 0.1) is 0 Å². The van der Waals surface area contributed by atoms with Crippen LogP contribution in [0.3, 0.4) is 0 Å². The van der Waals surface area contributed by atoms with Crippen molar-refractivity contribution < 1.29 is 4.39 Å². The molecule has 1 aromatic heterocycles. The van der Waals surface area contributed by atoms with Gasteiger partial charge >= 0.3 is 0 Å². The lowest BCUT2D eigenvalue weighted by Crippen LogP contribution is -2.34. The molecule has 0 radical (unpaired) electrons. The van der Waals surface area contributed by atoms with Gasteiger partial charge < -0.3 is 10.2 Å². The van der Waals surface area contributed by atoms with Gasteiger partial charge in [-0.2, -0.15) is 4.98 Å². The van der Waals surface area contributed by atoms with Crippen LogP contribution in [0, 0.1) is 18.7 Å². The zero-order chi connectivity index (χ0) is 16.9. The van der Waals surface area contributed by atoms with Gasteiger partial charge in [-0.1, -0.05) is 19.1 Å². The molecule has 4 nitrogen and oxygen atoms in total. The van der Waals surface area contributed by atoms with E-state index in [2.05, 4.69) is 27.1 Å². The van der Waals surface area contributed by atoms with Gasteiger partial charge in [0.15, 0.2) is 0 Å². The van der Waals surface area contributed by atoms with Crippen molar-refractivity contribution in [2.24, 2.45) is 5.92 Å². The second-order valence-corrected chi connectivity index (χ2v) is 6.67. The maximum absolute atomic E-state index is 12.9. The molecule has 5 heteroatoms. The highest BCUT2D eigenvalue weighted by Gasteiger charge is 2.18. The Morgan fingerprint density at radius 3 is 2.58 bits per heavy atom. The number of piperidine rings is 1. The van der Waals surface area contributed by atoms with Crippen molar-refractivity contribution in [1.29, 1.82) is 0 Å². The second kappa shape index (κ2) is 7.60. The number of hydrogen-bond acceptors (Lipinski definition) is 4. The lowest BCUT2D eigenvalue weighted by molar-refractivity contribution is 0.434. The van der Waals surface area contributed by atoms with Gasteiger partial charge in [0.2, 0.25) is 5.95 Å². The fourth-order valence-corrected chi connectivity index (χ4v) is 2.98. The lowest BCUT2D eigenvalue weighted by Gasteiger charge is -2.30. The predicted molar refractivity (Wildman–Crippen MR) is 96.0 cm³/mol. The van der Waals surface area contributed by atoms with E-state index in [1.807, 2.05) is 25.1 Å². The fourth-order valence-electron chi connectivity index (χ4n) is 2.98. The summed E-state index contributed by atoms with van der Waals surface area (Å²) in [5, 5.41) is 3.37. The van der Waals surface area contributed by atoms with Crippen LogP contribution in [0.1, 0.15) is 31.0 Å². The van der Waals surface area contributed by atoms with Crippen LogP contribution >= 0.6 is 0 Å². The van der Waals surface area contributed by atoms with E-state index in [0.29, 0.717) is 0 Å². The Balaban J connectivity index is 1.60. The summed E-state index contributed by atoms with van der Waals surface area (Å²) >= 11 is 0. The third-order valence-corrected chi connectivity index (χ3v) is 4.54. The predicted octanol–water partition coefficient (Wildman–Crippen LogP) is 3.82. The smallest absolute Gasteiger partial charge is 0.227 e. The molecule has 1 aliphatic heterocycles. The number of hydrogen-bond donors (Lipinski definition) is 1. The molecule has 1 N–H and O–H groups in total.